The largest absolute Gasteiger partial charge is 0.207 e. The van der Waals surface area contributed by atoms with Crippen molar-refractivity contribution in [3.8, 4) is 0 Å². The molecule has 0 radical (unpaired) electrons. The van der Waals surface area contributed by atoms with Crippen LogP contribution in [0.5, 0.6) is 0 Å². The van der Waals surface area contributed by atoms with Gasteiger partial charge in [-0.05, 0) is 30.4 Å². The van der Waals surface area contributed by atoms with Crippen LogP contribution in [0.3, 0.4) is 0 Å². The molecule has 0 heterocycles. The second-order valence-corrected chi connectivity index (χ2v) is 4.91. The molecule has 0 aromatic heterocycles. The van der Waals surface area contributed by atoms with Gasteiger partial charge in [-0.1, -0.05) is 27.2 Å². The molecule has 0 saturated carbocycles. The lowest BCUT2D eigenvalue weighted by molar-refractivity contribution is 0.315. The smallest absolute Gasteiger partial charge is 0.164 e. The highest BCUT2D eigenvalue weighted by Gasteiger charge is 2.23. The van der Waals surface area contributed by atoms with Crippen molar-refractivity contribution < 1.29 is 13.2 Å². The summed E-state index contributed by atoms with van der Waals surface area (Å²) in [6.07, 6.45) is 2.00. The highest BCUT2D eigenvalue weighted by Crippen LogP contribution is 2.30. The molecule has 1 aromatic carbocycles. The van der Waals surface area contributed by atoms with Gasteiger partial charge in [0.05, 0.1) is 0 Å². The van der Waals surface area contributed by atoms with Crippen molar-refractivity contribution in [3.63, 3.8) is 0 Å². The Bertz CT molecular complexity index is 370. The maximum Gasteiger partial charge on any atom is 0.164 e. The molecule has 3 heteroatoms. The summed E-state index contributed by atoms with van der Waals surface area (Å²) < 4.78 is 39.8. The number of benzene rings is 1. The van der Waals surface area contributed by atoms with Crippen molar-refractivity contribution in [1.82, 2.24) is 0 Å². The Morgan fingerprint density at radius 3 is 2.19 bits per heavy atom. The lowest BCUT2D eigenvalue weighted by Crippen LogP contribution is -2.17. The average molecular weight is 230 g/mol. The van der Waals surface area contributed by atoms with E-state index in [4.69, 9.17) is 0 Å². The Hall–Kier alpha value is -0.990. The van der Waals surface area contributed by atoms with Crippen molar-refractivity contribution in [2.75, 3.05) is 0 Å². The van der Waals surface area contributed by atoms with Gasteiger partial charge in [0, 0.05) is 5.56 Å². The summed E-state index contributed by atoms with van der Waals surface area (Å²) in [5.41, 5.74) is -0.358. The van der Waals surface area contributed by atoms with Gasteiger partial charge in [0.25, 0.3) is 0 Å². The van der Waals surface area contributed by atoms with Gasteiger partial charge in [-0.2, -0.15) is 0 Å². The second-order valence-electron chi connectivity index (χ2n) is 4.91. The molecule has 0 amide bonds. The van der Waals surface area contributed by atoms with Crippen LogP contribution in [0.1, 0.15) is 39.2 Å². The minimum absolute atomic E-state index is 0.140. The van der Waals surface area contributed by atoms with Crippen LogP contribution in [-0.4, -0.2) is 0 Å². The normalized spacial score (nSPS) is 11.9. The van der Waals surface area contributed by atoms with Crippen LogP contribution in [0.25, 0.3) is 0 Å². The van der Waals surface area contributed by atoms with E-state index in [1.54, 1.807) is 0 Å². The van der Waals surface area contributed by atoms with Gasteiger partial charge in [0.2, 0.25) is 0 Å². The van der Waals surface area contributed by atoms with E-state index in [2.05, 4.69) is 0 Å². The summed E-state index contributed by atoms with van der Waals surface area (Å²) in [6.45, 7) is 5.88. The Morgan fingerprint density at radius 2 is 1.62 bits per heavy atom. The molecule has 1 aromatic rings. The van der Waals surface area contributed by atoms with Crippen LogP contribution in [0.4, 0.5) is 13.2 Å². The summed E-state index contributed by atoms with van der Waals surface area (Å²) in [6, 6.07) is 1.80. The Kier molecular flexibility index (Phi) is 4.00. The minimum Gasteiger partial charge on any atom is -0.207 e. The molecule has 0 aliphatic carbocycles. The summed E-state index contributed by atoms with van der Waals surface area (Å²) in [5.74, 6) is -2.70. The predicted molar refractivity (Wildman–Crippen MR) is 58.7 cm³/mol. The van der Waals surface area contributed by atoms with Gasteiger partial charge < -0.3 is 0 Å². The number of hydrogen-bond donors (Lipinski definition) is 0. The van der Waals surface area contributed by atoms with Crippen molar-refractivity contribution in [1.29, 1.82) is 0 Å². The molecule has 0 saturated heterocycles. The third-order valence-electron chi connectivity index (χ3n) is 2.72. The zero-order chi connectivity index (χ0) is 12.3. The second kappa shape index (κ2) is 4.89. The monoisotopic (exact) mass is 230 g/mol. The lowest BCUT2D eigenvalue weighted by atomic mass is 9.81. The fourth-order valence-corrected chi connectivity index (χ4v) is 1.97. The quantitative estimate of drug-likeness (QED) is 0.669. The molecule has 0 bridgehead atoms. The molecule has 90 valence electrons. The summed E-state index contributed by atoms with van der Waals surface area (Å²) in [4.78, 5) is 0. The fraction of sp³-hybridized carbons (Fsp3) is 0.538. The van der Waals surface area contributed by atoms with E-state index in [-0.39, 0.29) is 17.4 Å². The van der Waals surface area contributed by atoms with Gasteiger partial charge in [-0.15, -0.1) is 0 Å². The SMILES string of the molecule is CCCC(C)(C)Cc1c(F)ccc(F)c1F. The van der Waals surface area contributed by atoms with Gasteiger partial charge in [-0.3, -0.25) is 0 Å². The van der Waals surface area contributed by atoms with Crippen LogP contribution < -0.4 is 0 Å². The molecule has 0 nitrogen and oxygen atoms in total. The number of halogens is 3. The maximum atomic E-state index is 13.4. The summed E-state index contributed by atoms with van der Waals surface area (Å²) in [7, 11) is 0. The van der Waals surface area contributed by atoms with Crippen molar-refractivity contribution in [3.05, 3.63) is 35.1 Å². The number of hydrogen-bond acceptors (Lipinski definition) is 0. The van der Waals surface area contributed by atoms with Gasteiger partial charge in [-0.25, -0.2) is 13.2 Å². The molecule has 0 spiro atoms. The molecular formula is C13H17F3. The van der Waals surface area contributed by atoms with E-state index in [9.17, 15) is 13.2 Å². The third kappa shape index (κ3) is 3.00. The highest BCUT2D eigenvalue weighted by molar-refractivity contribution is 5.22. The Labute approximate surface area is 94.5 Å². The van der Waals surface area contributed by atoms with Gasteiger partial charge in [0.1, 0.15) is 5.82 Å². The standard InChI is InChI=1S/C13H17F3/c1-4-7-13(2,3)8-9-10(14)5-6-11(15)12(9)16/h5-6H,4,7-8H2,1-3H3. The van der Waals surface area contributed by atoms with Crippen LogP contribution >= 0.6 is 0 Å². The molecule has 16 heavy (non-hydrogen) atoms. The van der Waals surface area contributed by atoms with Crippen LogP contribution in [0.15, 0.2) is 12.1 Å². The molecule has 0 aliphatic rings. The first-order valence-corrected chi connectivity index (χ1v) is 5.50. The minimum atomic E-state index is -1.05. The van der Waals surface area contributed by atoms with Gasteiger partial charge >= 0.3 is 0 Å². The van der Waals surface area contributed by atoms with Gasteiger partial charge in [0.15, 0.2) is 11.6 Å². The number of rotatable bonds is 4. The van der Waals surface area contributed by atoms with Crippen LogP contribution in [-0.2, 0) is 6.42 Å². The first-order valence-electron chi connectivity index (χ1n) is 5.50. The van der Waals surface area contributed by atoms with Crippen molar-refractivity contribution >= 4 is 0 Å². The highest BCUT2D eigenvalue weighted by atomic mass is 19.2. The molecule has 0 fully saturated rings. The first kappa shape index (κ1) is 13.1. The average Bonchev–Trinajstić information content (AvgIpc) is 2.19. The van der Waals surface area contributed by atoms with Crippen molar-refractivity contribution in [2.24, 2.45) is 5.41 Å². The fourth-order valence-electron chi connectivity index (χ4n) is 1.97. The zero-order valence-corrected chi connectivity index (χ0v) is 9.91. The van der Waals surface area contributed by atoms with E-state index >= 15 is 0 Å². The van der Waals surface area contributed by atoms with E-state index in [1.165, 1.54) is 0 Å². The van der Waals surface area contributed by atoms with E-state index in [1.807, 2.05) is 20.8 Å². The molecule has 0 aliphatic heterocycles. The molecular weight excluding hydrogens is 213 g/mol. The van der Waals surface area contributed by atoms with E-state index in [0.717, 1.165) is 25.0 Å². The topological polar surface area (TPSA) is 0 Å². The third-order valence-corrected chi connectivity index (χ3v) is 2.72. The van der Waals surface area contributed by atoms with Crippen LogP contribution in [0.2, 0.25) is 0 Å². The van der Waals surface area contributed by atoms with E-state index in [0.29, 0.717) is 0 Å². The zero-order valence-electron chi connectivity index (χ0n) is 9.91. The first-order chi connectivity index (χ1) is 7.37. The van der Waals surface area contributed by atoms with Crippen molar-refractivity contribution in [2.45, 2.75) is 40.0 Å². The molecule has 1 rings (SSSR count). The molecule has 0 unspecified atom stereocenters. The Morgan fingerprint density at radius 1 is 1.06 bits per heavy atom. The summed E-state index contributed by atoms with van der Waals surface area (Å²) >= 11 is 0. The Balaban J connectivity index is 3.01. The molecule has 0 atom stereocenters. The molecule has 0 N–H and O–H groups in total. The lowest BCUT2D eigenvalue weighted by Gasteiger charge is -2.24. The summed E-state index contributed by atoms with van der Waals surface area (Å²) in [5, 5.41) is 0. The predicted octanol–water partition coefficient (Wildman–Crippen LogP) is 4.47. The van der Waals surface area contributed by atoms with E-state index < -0.39 is 17.5 Å². The van der Waals surface area contributed by atoms with Crippen LogP contribution in [0, 0.1) is 22.9 Å². The maximum absolute atomic E-state index is 13.4.